The second-order valence-corrected chi connectivity index (χ2v) is 3.63. The third kappa shape index (κ3) is 7.69. The molecule has 3 heteroatoms. The second-order valence-electron chi connectivity index (χ2n) is 3.63. The molecule has 94 valence electrons. The highest BCUT2D eigenvalue weighted by molar-refractivity contribution is 5.13. The zero-order chi connectivity index (χ0) is 12.2. The van der Waals surface area contributed by atoms with E-state index >= 15 is 0 Å². The van der Waals surface area contributed by atoms with E-state index < -0.39 is 0 Å². The number of ether oxygens (including phenoxy) is 2. The zero-order valence-electron chi connectivity index (χ0n) is 10.0. The molecule has 0 saturated carbocycles. The van der Waals surface area contributed by atoms with Crippen molar-refractivity contribution in [2.75, 3.05) is 20.0 Å². The predicted molar refractivity (Wildman–Crippen MR) is 67.5 cm³/mol. The van der Waals surface area contributed by atoms with Crippen molar-refractivity contribution in [3.05, 3.63) is 48.0 Å². The van der Waals surface area contributed by atoms with Crippen molar-refractivity contribution in [1.29, 1.82) is 0 Å². The van der Waals surface area contributed by atoms with Crippen LogP contribution in [0.4, 0.5) is 0 Å². The van der Waals surface area contributed by atoms with E-state index in [9.17, 15) is 0 Å². The molecule has 0 fully saturated rings. The molecular weight excluding hydrogens is 216 g/mol. The van der Waals surface area contributed by atoms with Crippen molar-refractivity contribution in [2.45, 2.75) is 19.4 Å². The maximum absolute atomic E-state index is 8.54. The summed E-state index contributed by atoms with van der Waals surface area (Å²) in [6.45, 7) is 1.76. The van der Waals surface area contributed by atoms with E-state index in [4.69, 9.17) is 14.6 Å². The van der Waals surface area contributed by atoms with Gasteiger partial charge < -0.3 is 14.6 Å². The second kappa shape index (κ2) is 10.0. The normalized spacial score (nSPS) is 11.1. The van der Waals surface area contributed by atoms with Crippen LogP contribution in [0.25, 0.3) is 0 Å². The highest BCUT2D eigenvalue weighted by atomic mass is 16.7. The summed E-state index contributed by atoms with van der Waals surface area (Å²) in [5.74, 6) is 0. The molecule has 17 heavy (non-hydrogen) atoms. The fourth-order valence-electron chi connectivity index (χ4n) is 1.31. The third-order valence-corrected chi connectivity index (χ3v) is 2.17. The van der Waals surface area contributed by atoms with Crippen molar-refractivity contribution in [1.82, 2.24) is 0 Å². The Hall–Kier alpha value is -1.16. The van der Waals surface area contributed by atoms with Gasteiger partial charge in [0.2, 0.25) is 0 Å². The summed E-state index contributed by atoms with van der Waals surface area (Å²) in [6.07, 6.45) is 5.53. The Morgan fingerprint density at radius 1 is 1.00 bits per heavy atom. The smallest absolute Gasteiger partial charge is 0.147 e. The summed E-state index contributed by atoms with van der Waals surface area (Å²) in [5, 5.41) is 8.54. The van der Waals surface area contributed by atoms with Crippen molar-refractivity contribution in [3.63, 3.8) is 0 Å². The molecule has 0 amide bonds. The molecule has 0 aromatic heterocycles. The van der Waals surface area contributed by atoms with Gasteiger partial charge in [-0.15, -0.1) is 0 Å². The molecular formula is C14H20O3. The number of hydrogen-bond donors (Lipinski definition) is 1. The van der Waals surface area contributed by atoms with Crippen LogP contribution in [0, 0.1) is 0 Å². The van der Waals surface area contributed by atoms with E-state index in [-0.39, 0.29) is 6.61 Å². The first-order chi connectivity index (χ1) is 8.43. The molecule has 1 aromatic rings. The molecule has 0 aliphatic heterocycles. The van der Waals surface area contributed by atoms with Crippen LogP contribution in [0.5, 0.6) is 0 Å². The Labute approximate surface area is 103 Å². The molecule has 1 aromatic carbocycles. The molecule has 0 aliphatic rings. The number of aliphatic hydroxyl groups excluding tert-OH is 1. The van der Waals surface area contributed by atoms with Gasteiger partial charge in [0.15, 0.2) is 0 Å². The van der Waals surface area contributed by atoms with E-state index in [1.807, 2.05) is 42.5 Å². The quantitative estimate of drug-likeness (QED) is 0.407. The van der Waals surface area contributed by atoms with E-state index in [1.165, 1.54) is 0 Å². The Balaban J connectivity index is 1.91. The van der Waals surface area contributed by atoms with Crippen LogP contribution in [-0.4, -0.2) is 25.1 Å². The fraction of sp³-hybridized carbons (Fsp3) is 0.429. The minimum Gasteiger partial charge on any atom is -0.396 e. The monoisotopic (exact) mass is 236 g/mol. The Kier molecular flexibility index (Phi) is 8.20. The number of benzene rings is 1. The van der Waals surface area contributed by atoms with E-state index in [0.717, 1.165) is 12.0 Å². The van der Waals surface area contributed by atoms with E-state index in [1.54, 1.807) is 0 Å². The van der Waals surface area contributed by atoms with Gasteiger partial charge in [0.25, 0.3) is 0 Å². The number of hydrogen-bond acceptors (Lipinski definition) is 3. The molecule has 0 saturated heterocycles. The summed E-state index contributed by atoms with van der Waals surface area (Å²) >= 11 is 0. The van der Waals surface area contributed by atoms with Crippen molar-refractivity contribution in [3.8, 4) is 0 Å². The summed E-state index contributed by atoms with van der Waals surface area (Å²) in [5.41, 5.74) is 1.15. The molecule has 1 rings (SSSR count). The van der Waals surface area contributed by atoms with E-state index in [2.05, 4.69) is 0 Å². The van der Waals surface area contributed by atoms with Gasteiger partial charge >= 0.3 is 0 Å². The van der Waals surface area contributed by atoms with Crippen LogP contribution in [0.3, 0.4) is 0 Å². The molecule has 0 atom stereocenters. The van der Waals surface area contributed by atoms with Gasteiger partial charge in [0.1, 0.15) is 6.79 Å². The Bertz CT molecular complexity index is 296. The molecule has 1 N–H and O–H groups in total. The minimum atomic E-state index is 0.206. The number of rotatable bonds is 9. The van der Waals surface area contributed by atoms with Gasteiger partial charge in [0, 0.05) is 6.61 Å². The molecule has 0 spiro atoms. The average Bonchev–Trinajstić information content (AvgIpc) is 2.38. The highest BCUT2D eigenvalue weighted by Crippen LogP contribution is 2.00. The van der Waals surface area contributed by atoms with Gasteiger partial charge in [-0.05, 0) is 18.4 Å². The third-order valence-electron chi connectivity index (χ3n) is 2.17. The predicted octanol–water partition coefficient (Wildman–Crippen LogP) is 2.51. The summed E-state index contributed by atoms with van der Waals surface area (Å²) in [4.78, 5) is 0. The lowest BCUT2D eigenvalue weighted by Gasteiger charge is -2.04. The van der Waals surface area contributed by atoms with Gasteiger partial charge in [-0.3, -0.25) is 0 Å². The van der Waals surface area contributed by atoms with Crippen LogP contribution in [0.2, 0.25) is 0 Å². The Morgan fingerprint density at radius 2 is 1.76 bits per heavy atom. The summed E-state index contributed by atoms with van der Waals surface area (Å²) in [7, 11) is 0. The van der Waals surface area contributed by atoms with Crippen molar-refractivity contribution >= 4 is 0 Å². The number of aliphatic hydroxyl groups is 1. The van der Waals surface area contributed by atoms with Crippen LogP contribution >= 0.6 is 0 Å². The van der Waals surface area contributed by atoms with Crippen molar-refractivity contribution in [2.24, 2.45) is 0 Å². The topological polar surface area (TPSA) is 38.7 Å². The molecule has 0 bridgehead atoms. The SMILES string of the molecule is OCC/C=C/CCOCOCc1ccccc1. The van der Waals surface area contributed by atoms with E-state index in [0.29, 0.717) is 26.4 Å². The Morgan fingerprint density at radius 3 is 2.53 bits per heavy atom. The maximum atomic E-state index is 8.54. The highest BCUT2D eigenvalue weighted by Gasteiger charge is 1.91. The standard InChI is InChI=1S/C14H20O3/c15-10-6-1-2-7-11-16-13-17-12-14-8-4-3-5-9-14/h1-5,8-9,15H,6-7,10-13H2/b2-1+. The average molecular weight is 236 g/mol. The van der Waals surface area contributed by atoms with Gasteiger partial charge in [-0.2, -0.15) is 0 Å². The molecule has 0 aliphatic carbocycles. The molecule has 0 unspecified atom stereocenters. The van der Waals surface area contributed by atoms with Gasteiger partial charge in [0.05, 0.1) is 13.2 Å². The first-order valence-corrected chi connectivity index (χ1v) is 5.88. The first kappa shape index (κ1) is 13.9. The van der Waals surface area contributed by atoms with Crippen molar-refractivity contribution < 1.29 is 14.6 Å². The molecule has 3 nitrogen and oxygen atoms in total. The maximum Gasteiger partial charge on any atom is 0.147 e. The lowest BCUT2D eigenvalue weighted by Crippen LogP contribution is -2.01. The zero-order valence-corrected chi connectivity index (χ0v) is 10.0. The first-order valence-electron chi connectivity index (χ1n) is 5.88. The van der Waals surface area contributed by atoms with Crippen LogP contribution in [-0.2, 0) is 16.1 Å². The van der Waals surface area contributed by atoms with Gasteiger partial charge in [-0.1, -0.05) is 42.5 Å². The van der Waals surface area contributed by atoms with Crippen LogP contribution in [0.15, 0.2) is 42.5 Å². The summed E-state index contributed by atoms with van der Waals surface area (Å²) < 4.78 is 10.7. The summed E-state index contributed by atoms with van der Waals surface area (Å²) in [6, 6.07) is 10.0. The molecule has 0 radical (unpaired) electrons. The molecule has 0 heterocycles. The minimum absolute atomic E-state index is 0.206. The lowest BCUT2D eigenvalue weighted by molar-refractivity contribution is -0.0600. The van der Waals surface area contributed by atoms with Crippen LogP contribution < -0.4 is 0 Å². The van der Waals surface area contributed by atoms with Gasteiger partial charge in [-0.25, -0.2) is 0 Å². The lowest BCUT2D eigenvalue weighted by atomic mass is 10.2. The largest absolute Gasteiger partial charge is 0.396 e. The van der Waals surface area contributed by atoms with Crippen LogP contribution in [0.1, 0.15) is 18.4 Å². The fourth-order valence-corrected chi connectivity index (χ4v) is 1.31.